The van der Waals surface area contributed by atoms with E-state index in [0.717, 1.165) is 28.6 Å². The molecule has 1 fully saturated rings. The summed E-state index contributed by atoms with van der Waals surface area (Å²) in [6.45, 7) is 9.78. The molecule has 0 aliphatic carbocycles. The van der Waals surface area contributed by atoms with Crippen molar-refractivity contribution in [1.29, 1.82) is 0 Å². The second kappa shape index (κ2) is 12.6. The first-order valence-corrected chi connectivity index (χ1v) is 14.0. The molecule has 0 atom stereocenters. The van der Waals surface area contributed by atoms with Gasteiger partial charge in [-0.25, -0.2) is 0 Å². The summed E-state index contributed by atoms with van der Waals surface area (Å²) in [5.41, 5.74) is 2.90. The molecule has 8 heteroatoms. The molecule has 0 spiro atoms. The number of halogens is 1. The van der Waals surface area contributed by atoms with Crippen molar-refractivity contribution in [3.63, 3.8) is 0 Å². The van der Waals surface area contributed by atoms with Crippen molar-refractivity contribution in [2.45, 2.75) is 39.7 Å². The second-order valence-electron chi connectivity index (χ2n) is 10.0. The third kappa shape index (κ3) is 7.58. The summed E-state index contributed by atoms with van der Waals surface area (Å²) in [5, 5.41) is 0.294. The van der Waals surface area contributed by atoms with E-state index in [0.29, 0.717) is 41.2 Å². The Bertz CT molecular complexity index is 1350. The Morgan fingerprint density at radius 3 is 2.23 bits per heavy atom. The van der Waals surface area contributed by atoms with Crippen molar-refractivity contribution >= 4 is 40.6 Å². The van der Waals surface area contributed by atoms with E-state index in [1.54, 1.807) is 42.5 Å². The van der Waals surface area contributed by atoms with E-state index in [1.807, 2.05) is 25.1 Å². The van der Waals surface area contributed by atoms with Crippen LogP contribution in [-0.4, -0.2) is 35.9 Å². The number of ether oxygens (including phenoxy) is 3. The van der Waals surface area contributed by atoms with E-state index in [1.165, 1.54) is 10.5 Å². The average molecular weight is 566 g/mol. The van der Waals surface area contributed by atoms with Gasteiger partial charge in [0.05, 0.1) is 18.1 Å². The normalized spacial score (nSPS) is 14.7. The fourth-order valence-electron chi connectivity index (χ4n) is 3.92. The first-order chi connectivity index (χ1) is 18.6. The molecule has 39 heavy (non-hydrogen) atoms. The first-order valence-electron chi connectivity index (χ1n) is 12.8. The fourth-order valence-corrected chi connectivity index (χ4v) is 4.89. The third-order valence-corrected chi connectivity index (χ3v) is 7.18. The molecule has 1 heterocycles. The number of thioether (sulfide) groups is 1. The van der Waals surface area contributed by atoms with E-state index in [2.05, 4.69) is 32.9 Å². The molecule has 3 aromatic carbocycles. The maximum absolute atomic E-state index is 12.9. The lowest BCUT2D eigenvalue weighted by atomic mass is 9.87. The van der Waals surface area contributed by atoms with Gasteiger partial charge in [0.1, 0.15) is 19.0 Å². The highest BCUT2D eigenvalue weighted by Gasteiger charge is 2.35. The lowest BCUT2D eigenvalue weighted by Gasteiger charge is -2.19. The van der Waals surface area contributed by atoms with Crippen LogP contribution in [0.15, 0.2) is 71.6 Å². The van der Waals surface area contributed by atoms with Crippen molar-refractivity contribution < 1.29 is 23.8 Å². The molecule has 4 rings (SSSR count). The topological polar surface area (TPSA) is 65.1 Å². The summed E-state index contributed by atoms with van der Waals surface area (Å²) in [6, 6.07) is 20.6. The minimum atomic E-state index is -0.328. The van der Waals surface area contributed by atoms with Gasteiger partial charge in [-0.05, 0) is 83.3 Å². The molecule has 0 radical (unpaired) electrons. The maximum Gasteiger partial charge on any atom is 0.293 e. The molecule has 0 aromatic heterocycles. The standard InChI is InChI=1S/C31H32ClNO5S/c1-5-36-27-18-22(19-28-29(34)33(30(35)39-28)20-21-6-11-24(32)12-7-21)8-15-26(27)38-17-16-37-25-13-9-23(10-14-25)31(2,3)4/h6-15,18-19H,5,16-17,20H2,1-4H3/b28-19-. The van der Waals surface area contributed by atoms with Crippen LogP contribution < -0.4 is 14.2 Å². The van der Waals surface area contributed by atoms with Crippen LogP contribution in [0, 0.1) is 0 Å². The minimum absolute atomic E-state index is 0.0927. The second-order valence-corrected chi connectivity index (χ2v) is 11.4. The molecule has 204 valence electrons. The van der Waals surface area contributed by atoms with E-state index >= 15 is 0 Å². The molecule has 1 aliphatic rings. The van der Waals surface area contributed by atoms with Crippen LogP contribution in [0.2, 0.25) is 5.02 Å². The molecule has 6 nitrogen and oxygen atoms in total. The Hall–Kier alpha value is -3.42. The van der Waals surface area contributed by atoms with Crippen LogP contribution in [0.3, 0.4) is 0 Å². The molecule has 3 aromatic rings. The molecule has 0 N–H and O–H groups in total. The number of nitrogens with zero attached hydrogens (tertiary/aromatic N) is 1. The zero-order chi connectivity index (χ0) is 28.0. The van der Waals surface area contributed by atoms with Crippen LogP contribution in [-0.2, 0) is 16.8 Å². The summed E-state index contributed by atoms with van der Waals surface area (Å²) in [6.07, 6.45) is 1.70. The number of benzene rings is 3. The van der Waals surface area contributed by atoms with Crippen LogP contribution in [0.5, 0.6) is 17.2 Å². The van der Waals surface area contributed by atoms with E-state index in [-0.39, 0.29) is 23.1 Å². The molecule has 0 unspecified atom stereocenters. The third-order valence-electron chi connectivity index (χ3n) is 6.02. The highest BCUT2D eigenvalue weighted by Crippen LogP contribution is 2.35. The Kier molecular flexibility index (Phi) is 9.25. The van der Waals surface area contributed by atoms with E-state index < -0.39 is 0 Å². The number of rotatable bonds is 10. The van der Waals surface area contributed by atoms with Gasteiger partial charge < -0.3 is 14.2 Å². The number of amides is 2. The first kappa shape index (κ1) is 28.6. The summed E-state index contributed by atoms with van der Waals surface area (Å²) in [7, 11) is 0. The smallest absolute Gasteiger partial charge is 0.293 e. The Balaban J connectivity index is 1.37. The lowest BCUT2D eigenvalue weighted by molar-refractivity contribution is -0.123. The van der Waals surface area contributed by atoms with Crippen molar-refractivity contribution in [3.05, 3.63) is 93.3 Å². The molecular formula is C31H32ClNO5S. The summed E-state index contributed by atoms with van der Waals surface area (Å²) in [5.74, 6) is 1.60. The zero-order valence-electron chi connectivity index (χ0n) is 22.5. The summed E-state index contributed by atoms with van der Waals surface area (Å²) >= 11 is 6.86. The predicted octanol–water partition coefficient (Wildman–Crippen LogP) is 7.73. The molecular weight excluding hydrogens is 534 g/mol. The van der Waals surface area contributed by atoms with Gasteiger partial charge in [0, 0.05) is 5.02 Å². The van der Waals surface area contributed by atoms with Crippen molar-refractivity contribution in [2.24, 2.45) is 0 Å². The van der Waals surface area contributed by atoms with Gasteiger partial charge in [0.25, 0.3) is 11.1 Å². The Morgan fingerprint density at radius 2 is 1.56 bits per heavy atom. The van der Waals surface area contributed by atoms with Gasteiger partial charge in [-0.1, -0.05) is 62.7 Å². The Labute approximate surface area is 238 Å². The Morgan fingerprint density at radius 1 is 0.872 bits per heavy atom. The van der Waals surface area contributed by atoms with Crippen molar-refractivity contribution in [1.82, 2.24) is 4.90 Å². The van der Waals surface area contributed by atoms with Gasteiger partial charge in [-0.2, -0.15) is 0 Å². The average Bonchev–Trinajstić information content (AvgIpc) is 3.16. The van der Waals surface area contributed by atoms with Crippen LogP contribution in [0.4, 0.5) is 4.79 Å². The number of hydrogen-bond acceptors (Lipinski definition) is 6. The fraction of sp³-hybridized carbons (Fsp3) is 0.290. The van der Waals surface area contributed by atoms with Crippen LogP contribution in [0.1, 0.15) is 44.4 Å². The molecule has 0 saturated carbocycles. The van der Waals surface area contributed by atoms with E-state index in [9.17, 15) is 9.59 Å². The maximum atomic E-state index is 12.9. The summed E-state index contributed by atoms with van der Waals surface area (Å²) in [4.78, 5) is 27.1. The molecule has 1 saturated heterocycles. The van der Waals surface area contributed by atoms with Gasteiger partial charge in [0.2, 0.25) is 0 Å². The number of carbonyl (C=O) groups excluding carboxylic acids is 2. The predicted molar refractivity (Wildman–Crippen MR) is 157 cm³/mol. The molecule has 1 aliphatic heterocycles. The molecule has 0 bridgehead atoms. The quantitative estimate of drug-likeness (QED) is 0.185. The van der Waals surface area contributed by atoms with Crippen molar-refractivity contribution in [3.8, 4) is 17.2 Å². The van der Waals surface area contributed by atoms with Crippen LogP contribution >= 0.6 is 23.4 Å². The van der Waals surface area contributed by atoms with Crippen molar-refractivity contribution in [2.75, 3.05) is 19.8 Å². The largest absolute Gasteiger partial charge is 0.490 e. The van der Waals surface area contributed by atoms with E-state index in [4.69, 9.17) is 25.8 Å². The number of hydrogen-bond donors (Lipinski definition) is 0. The monoisotopic (exact) mass is 565 g/mol. The number of imide groups is 1. The highest BCUT2D eigenvalue weighted by molar-refractivity contribution is 8.18. The minimum Gasteiger partial charge on any atom is -0.490 e. The highest BCUT2D eigenvalue weighted by atomic mass is 35.5. The molecule has 2 amide bonds. The van der Waals surface area contributed by atoms with Crippen LogP contribution in [0.25, 0.3) is 6.08 Å². The van der Waals surface area contributed by atoms with Gasteiger partial charge in [-0.3, -0.25) is 14.5 Å². The van der Waals surface area contributed by atoms with Gasteiger partial charge in [-0.15, -0.1) is 0 Å². The zero-order valence-corrected chi connectivity index (χ0v) is 24.1. The number of carbonyl (C=O) groups is 2. The van der Waals surface area contributed by atoms with Gasteiger partial charge in [0.15, 0.2) is 11.5 Å². The SMILES string of the molecule is CCOc1cc(/C=C2\SC(=O)N(Cc3ccc(Cl)cc3)C2=O)ccc1OCCOc1ccc(C(C)(C)C)cc1. The van der Waals surface area contributed by atoms with Gasteiger partial charge >= 0.3 is 0 Å². The summed E-state index contributed by atoms with van der Waals surface area (Å²) < 4.78 is 17.5. The lowest BCUT2D eigenvalue weighted by Crippen LogP contribution is -2.27.